The number of carbonyl (C=O) groups excluding carboxylic acids is 1. The zero-order valence-electron chi connectivity index (χ0n) is 8.70. The van der Waals surface area contributed by atoms with Crippen molar-refractivity contribution in [2.45, 2.75) is 13.3 Å². The smallest absolute Gasteiger partial charge is 0.165 e. The first-order valence-corrected chi connectivity index (χ1v) is 5.32. The number of phenols is 1. The summed E-state index contributed by atoms with van der Waals surface area (Å²) in [7, 11) is 0. The molecule has 0 unspecified atom stereocenters. The van der Waals surface area contributed by atoms with Crippen LogP contribution in [0.2, 0.25) is 5.02 Å². The molecule has 0 radical (unpaired) electrons. The number of phenolic OH excluding ortho intramolecular Hbond substituents is 1. The monoisotopic (exact) mass is 235 g/mol. The molecule has 0 saturated carbocycles. The third-order valence-corrected chi connectivity index (χ3v) is 2.84. The van der Waals surface area contributed by atoms with E-state index in [9.17, 15) is 9.90 Å². The molecule has 0 aliphatic carbocycles. The van der Waals surface area contributed by atoms with E-state index in [2.05, 4.69) is 4.98 Å². The third-order valence-electron chi connectivity index (χ3n) is 2.43. The van der Waals surface area contributed by atoms with Crippen LogP contribution in [0, 0.1) is 0 Å². The van der Waals surface area contributed by atoms with Gasteiger partial charge in [-0.1, -0.05) is 30.7 Å². The van der Waals surface area contributed by atoms with Gasteiger partial charge in [-0.05, 0) is 6.07 Å². The summed E-state index contributed by atoms with van der Waals surface area (Å²) < 4.78 is 0. The predicted molar refractivity (Wildman–Crippen MR) is 63.0 cm³/mol. The Hall–Kier alpha value is -1.61. The van der Waals surface area contributed by atoms with Crippen molar-refractivity contribution < 1.29 is 9.90 Å². The maximum atomic E-state index is 11.6. The second kappa shape index (κ2) is 4.10. The molecule has 0 atom stereocenters. The molecule has 1 N–H and O–H groups in total. The number of carbonyl (C=O) groups is 1. The summed E-state index contributed by atoms with van der Waals surface area (Å²) in [4.78, 5) is 15.6. The summed E-state index contributed by atoms with van der Waals surface area (Å²) in [6, 6.07) is 4.94. The van der Waals surface area contributed by atoms with Gasteiger partial charge in [0.2, 0.25) is 0 Å². The number of nitrogens with zero attached hydrogens (tertiary/aromatic N) is 1. The van der Waals surface area contributed by atoms with Crippen molar-refractivity contribution >= 4 is 28.3 Å². The molecular formula is C12H10ClNO2. The number of benzene rings is 1. The molecule has 1 aromatic carbocycles. The van der Waals surface area contributed by atoms with E-state index >= 15 is 0 Å². The van der Waals surface area contributed by atoms with Crippen LogP contribution in [0.5, 0.6) is 5.75 Å². The lowest BCUT2D eigenvalue weighted by Crippen LogP contribution is -1.99. The van der Waals surface area contributed by atoms with Crippen molar-refractivity contribution in [2.24, 2.45) is 0 Å². The fourth-order valence-electron chi connectivity index (χ4n) is 1.56. The number of halogens is 1. The molecule has 3 nitrogen and oxygen atoms in total. The molecule has 82 valence electrons. The van der Waals surface area contributed by atoms with Crippen LogP contribution in [-0.2, 0) is 0 Å². The Kier molecular flexibility index (Phi) is 2.79. The van der Waals surface area contributed by atoms with Crippen molar-refractivity contribution in [3.05, 3.63) is 35.0 Å². The van der Waals surface area contributed by atoms with Gasteiger partial charge in [0, 0.05) is 18.0 Å². The van der Waals surface area contributed by atoms with E-state index in [1.165, 1.54) is 12.3 Å². The first-order chi connectivity index (χ1) is 7.65. The second-order valence-corrected chi connectivity index (χ2v) is 3.81. The van der Waals surface area contributed by atoms with Gasteiger partial charge in [-0.2, -0.15) is 0 Å². The number of ketones is 1. The molecule has 0 bridgehead atoms. The topological polar surface area (TPSA) is 50.2 Å². The van der Waals surface area contributed by atoms with Gasteiger partial charge in [0.25, 0.3) is 0 Å². The second-order valence-electron chi connectivity index (χ2n) is 3.44. The molecule has 2 aromatic rings. The van der Waals surface area contributed by atoms with E-state index in [1.807, 2.05) is 0 Å². The molecule has 0 saturated heterocycles. The van der Waals surface area contributed by atoms with Crippen LogP contribution in [0.25, 0.3) is 10.9 Å². The number of pyridine rings is 1. The fourth-order valence-corrected chi connectivity index (χ4v) is 1.87. The number of para-hydroxylation sites is 1. The Labute approximate surface area is 97.7 Å². The highest BCUT2D eigenvalue weighted by molar-refractivity contribution is 6.38. The summed E-state index contributed by atoms with van der Waals surface area (Å²) >= 11 is 6.12. The van der Waals surface area contributed by atoms with E-state index in [1.54, 1.807) is 19.1 Å². The van der Waals surface area contributed by atoms with Gasteiger partial charge >= 0.3 is 0 Å². The SMILES string of the molecule is CCC(=O)c1cnc2c(O)cccc2c1Cl. The lowest BCUT2D eigenvalue weighted by Gasteiger charge is -2.06. The van der Waals surface area contributed by atoms with Crippen LogP contribution in [0.4, 0.5) is 0 Å². The molecule has 4 heteroatoms. The summed E-state index contributed by atoms with van der Waals surface area (Å²) in [5.41, 5.74) is 0.822. The van der Waals surface area contributed by atoms with Crippen LogP contribution < -0.4 is 0 Å². The molecule has 0 amide bonds. The molecular weight excluding hydrogens is 226 g/mol. The number of aromatic nitrogens is 1. The van der Waals surface area contributed by atoms with Crippen molar-refractivity contribution in [3.63, 3.8) is 0 Å². The van der Waals surface area contributed by atoms with Gasteiger partial charge < -0.3 is 5.11 Å². The Morgan fingerprint density at radius 2 is 2.25 bits per heavy atom. The third kappa shape index (κ3) is 1.63. The highest BCUT2D eigenvalue weighted by Crippen LogP contribution is 2.30. The van der Waals surface area contributed by atoms with Gasteiger partial charge in [-0.15, -0.1) is 0 Å². The number of Topliss-reactive ketones (excluding diaryl/α,β-unsaturated/α-hetero) is 1. The lowest BCUT2D eigenvalue weighted by molar-refractivity contribution is 0.0988. The standard InChI is InChI=1S/C12H10ClNO2/c1-2-9(15)8-6-14-12-7(11(8)13)4-3-5-10(12)16/h3-6,16H,2H2,1H3. The normalized spacial score (nSPS) is 10.6. The first-order valence-electron chi connectivity index (χ1n) is 4.94. The number of hydrogen-bond acceptors (Lipinski definition) is 3. The number of fused-ring (bicyclic) bond motifs is 1. The number of rotatable bonds is 2. The summed E-state index contributed by atoms with van der Waals surface area (Å²) in [5, 5.41) is 10.5. The van der Waals surface area contributed by atoms with E-state index in [-0.39, 0.29) is 11.5 Å². The van der Waals surface area contributed by atoms with Crippen LogP contribution >= 0.6 is 11.6 Å². The zero-order chi connectivity index (χ0) is 11.7. The van der Waals surface area contributed by atoms with E-state index in [0.29, 0.717) is 27.9 Å². The molecule has 2 rings (SSSR count). The van der Waals surface area contributed by atoms with Crippen LogP contribution in [0.15, 0.2) is 24.4 Å². The number of hydrogen-bond donors (Lipinski definition) is 1. The average molecular weight is 236 g/mol. The Morgan fingerprint density at radius 3 is 2.94 bits per heavy atom. The van der Waals surface area contributed by atoms with Crippen LogP contribution in [0.1, 0.15) is 23.7 Å². The summed E-state index contributed by atoms with van der Waals surface area (Å²) in [5.74, 6) is 0.0117. The van der Waals surface area contributed by atoms with E-state index < -0.39 is 0 Å². The highest BCUT2D eigenvalue weighted by atomic mass is 35.5. The number of aromatic hydroxyl groups is 1. The lowest BCUT2D eigenvalue weighted by atomic mass is 10.1. The minimum Gasteiger partial charge on any atom is -0.506 e. The van der Waals surface area contributed by atoms with Crippen LogP contribution in [0.3, 0.4) is 0 Å². The van der Waals surface area contributed by atoms with Gasteiger partial charge in [0.1, 0.15) is 11.3 Å². The average Bonchev–Trinajstić information content (AvgIpc) is 2.30. The van der Waals surface area contributed by atoms with Crippen molar-refractivity contribution in [3.8, 4) is 5.75 Å². The van der Waals surface area contributed by atoms with Gasteiger partial charge in [0.05, 0.1) is 10.6 Å². The van der Waals surface area contributed by atoms with Crippen molar-refractivity contribution in [1.82, 2.24) is 4.98 Å². The van der Waals surface area contributed by atoms with Gasteiger partial charge in [0.15, 0.2) is 5.78 Å². The minimum absolute atomic E-state index is 0.0530. The molecule has 1 aromatic heterocycles. The zero-order valence-corrected chi connectivity index (χ0v) is 9.45. The summed E-state index contributed by atoms with van der Waals surface area (Å²) in [6.45, 7) is 1.77. The van der Waals surface area contributed by atoms with E-state index in [4.69, 9.17) is 11.6 Å². The van der Waals surface area contributed by atoms with Crippen LogP contribution in [-0.4, -0.2) is 15.9 Å². The van der Waals surface area contributed by atoms with Gasteiger partial charge in [-0.25, -0.2) is 0 Å². The Balaban J connectivity index is 2.75. The minimum atomic E-state index is -0.0530. The molecule has 0 spiro atoms. The first kappa shape index (κ1) is 10.9. The Morgan fingerprint density at radius 1 is 1.50 bits per heavy atom. The maximum Gasteiger partial charge on any atom is 0.165 e. The molecule has 0 aliphatic heterocycles. The molecule has 1 heterocycles. The van der Waals surface area contributed by atoms with E-state index in [0.717, 1.165) is 0 Å². The summed E-state index contributed by atoms with van der Waals surface area (Å²) in [6.07, 6.45) is 1.79. The highest BCUT2D eigenvalue weighted by Gasteiger charge is 2.13. The van der Waals surface area contributed by atoms with Crippen molar-refractivity contribution in [1.29, 1.82) is 0 Å². The Bertz CT molecular complexity index is 566. The maximum absolute atomic E-state index is 11.6. The largest absolute Gasteiger partial charge is 0.506 e. The molecule has 0 aliphatic rings. The van der Waals surface area contributed by atoms with Gasteiger partial charge in [-0.3, -0.25) is 9.78 Å². The van der Waals surface area contributed by atoms with Crippen molar-refractivity contribution in [2.75, 3.05) is 0 Å². The molecule has 0 fully saturated rings. The predicted octanol–water partition coefficient (Wildman–Crippen LogP) is 3.19. The quantitative estimate of drug-likeness (QED) is 0.814. The fraction of sp³-hybridized carbons (Fsp3) is 0.167. The molecule has 16 heavy (non-hydrogen) atoms.